The van der Waals surface area contributed by atoms with Gasteiger partial charge < -0.3 is 4.40 Å². The van der Waals surface area contributed by atoms with E-state index in [1.807, 2.05) is 6.20 Å². The summed E-state index contributed by atoms with van der Waals surface area (Å²) in [5.41, 5.74) is 6.19. The van der Waals surface area contributed by atoms with Gasteiger partial charge in [0.2, 0.25) is 0 Å². The van der Waals surface area contributed by atoms with Crippen molar-refractivity contribution >= 4 is 59.8 Å². The molecule has 0 radical (unpaired) electrons. The van der Waals surface area contributed by atoms with Gasteiger partial charge in [0.15, 0.2) is 0 Å². The van der Waals surface area contributed by atoms with Crippen molar-refractivity contribution in [2.24, 2.45) is 0 Å². The van der Waals surface area contributed by atoms with E-state index in [0.29, 0.717) is 0 Å². The SMILES string of the molecule is Cc1cccc2c1c1ccc3ccnc4c5cc6ccccc6cc5n2c1c34. The Morgan fingerprint density at radius 2 is 1.54 bits per heavy atom. The molecule has 0 saturated carbocycles. The lowest BCUT2D eigenvalue weighted by molar-refractivity contribution is 1.34. The number of aromatic nitrogens is 2. The zero-order valence-electron chi connectivity index (χ0n) is 15.4. The molecule has 0 bridgehead atoms. The quantitative estimate of drug-likeness (QED) is 0.215. The van der Waals surface area contributed by atoms with Gasteiger partial charge in [0.05, 0.1) is 22.1 Å². The Hall–Kier alpha value is -3.65. The number of hydrogen-bond donors (Lipinski definition) is 0. The van der Waals surface area contributed by atoms with Crippen LogP contribution in [-0.4, -0.2) is 9.38 Å². The van der Waals surface area contributed by atoms with Crippen molar-refractivity contribution in [1.82, 2.24) is 9.38 Å². The lowest BCUT2D eigenvalue weighted by Gasteiger charge is -2.13. The van der Waals surface area contributed by atoms with Crippen molar-refractivity contribution in [1.29, 1.82) is 0 Å². The van der Waals surface area contributed by atoms with Crippen molar-refractivity contribution in [2.45, 2.75) is 6.92 Å². The number of pyridine rings is 2. The molecule has 4 aromatic carbocycles. The summed E-state index contributed by atoms with van der Waals surface area (Å²) < 4.78 is 2.45. The first-order valence-electron chi connectivity index (χ1n) is 9.66. The summed E-state index contributed by atoms with van der Waals surface area (Å²) in [6.45, 7) is 2.21. The molecule has 0 N–H and O–H groups in total. The Bertz CT molecular complexity index is 1720. The summed E-state index contributed by atoms with van der Waals surface area (Å²) in [4.78, 5) is 4.85. The number of rotatable bonds is 0. The van der Waals surface area contributed by atoms with Crippen LogP contribution in [0, 0.1) is 6.92 Å². The summed E-state index contributed by atoms with van der Waals surface area (Å²) in [7, 11) is 0. The average molecular weight is 356 g/mol. The Labute approximate surface area is 161 Å². The lowest BCUT2D eigenvalue weighted by atomic mass is 10.00. The van der Waals surface area contributed by atoms with Gasteiger partial charge in [0, 0.05) is 27.7 Å². The van der Waals surface area contributed by atoms with E-state index >= 15 is 0 Å². The van der Waals surface area contributed by atoms with Crippen LogP contribution in [0.3, 0.4) is 0 Å². The van der Waals surface area contributed by atoms with Gasteiger partial charge in [0.1, 0.15) is 0 Å². The van der Waals surface area contributed by atoms with Crippen LogP contribution in [0.15, 0.2) is 79.0 Å². The van der Waals surface area contributed by atoms with Gasteiger partial charge in [-0.3, -0.25) is 4.98 Å². The first kappa shape index (κ1) is 14.4. The zero-order valence-corrected chi connectivity index (χ0v) is 15.4. The van der Waals surface area contributed by atoms with E-state index < -0.39 is 0 Å². The summed E-state index contributed by atoms with van der Waals surface area (Å²) in [5.74, 6) is 0. The van der Waals surface area contributed by atoms with Crippen molar-refractivity contribution in [3.63, 3.8) is 0 Å². The van der Waals surface area contributed by atoms with Crippen molar-refractivity contribution in [2.75, 3.05) is 0 Å². The van der Waals surface area contributed by atoms with Crippen LogP contribution in [0.25, 0.3) is 59.8 Å². The predicted molar refractivity (Wildman–Crippen MR) is 119 cm³/mol. The maximum Gasteiger partial charge on any atom is 0.0822 e. The van der Waals surface area contributed by atoms with Crippen LogP contribution in [0.2, 0.25) is 0 Å². The fourth-order valence-corrected chi connectivity index (χ4v) is 5.05. The van der Waals surface area contributed by atoms with Crippen LogP contribution in [0.5, 0.6) is 0 Å². The van der Waals surface area contributed by atoms with E-state index in [1.165, 1.54) is 59.8 Å². The number of nitrogens with zero attached hydrogens (tertiary/aromatic N) is 2. The highest BCUT2D eigenvalue weighted by Gasteiger charge is 2.19. The van der Waals surface area contributed by atoms with Gasteiger partial charge in [-0.05, 0) is 52.9 Å². The van der Waals surface area contributed by atoms with Gasteiger partial charge in [-0.1, -0.05) is 48.5 Å². The van der Waals surface area contributed by atoms with E-state index in [2.05, 4.69) is 84.1 Å². The third-order valence-electron chi connectivity index (χ3n) is 6.25. The van der Waals surface area contributed by atoms with E-state index in [9.17, 15) is 0 Å². The molecule has 0 aliphatic rings. The molecule has 3 aromatic heterocycles. The second-order valence-corrected chi connectivity index (χ2v) is 7.74. The van der Waals surface area contributed by atoms with Crippen molar-refractivity contribution in [3.05, 3.63) is 84.6 Å². The maximum atomic E-state index is 4.85. The highest BCUT2D eigenvalue weighted by molar-refractivity contribution is 6.28. The zero-order chi connectivity index (χ0) is 18.4. The third kappa shape index (κ3) is 1.58. The van der Waals surface area contributed by atoms with Crippen LogP contribution < -0.4 is 0 Å². The van der Waals surface area contributed by atoms with E-state index in [1.54, 1.807) is 0 Å². The van der Waals surface area contributed by atoms with Gasteiger partial charge in [-0.2, -0.15) is 0 Å². The molecular formula is C26H16N2. The van der Waals surface area contributed by atoms with E-state index in [4.69, 9.17) is 4.98 Å². The lowest BCUT2D eigenvalue weighted by Crippen LogP contribution is -1.94. The number of benzene rings is 4. The third-order valence-corrected chi connectivity index (χ3v) is 6.25. The second-order valence-electron chi connectivity index (χ2n) is 7.74. The molecule has 3 heterocycles. The van der Waals surface area contributed by atoms with Crippen LogP contribution in [0.1, 0.15) is 5.56 Å². The largest absolute Gasteiger partial charge is 0.308 e. The van der Waals surface area contributed by atoms with Gasteiger partial charge >= 0.3 is 0 Å². The fourth-order valence-electron chi connectivity index (χ4n) is 5.05. The standard InChI is InChI=1S/C26H16N2/c1-15-5-4-8-21-23(15)19-10-9-16-11-12-27-25-20-13-17-6-2-3-7-18(17)14-22(20)28(21)26(19)24(16)25/h2-14H,1H3. The minimum Gasteiger partial charge on any atom is -0.308 e. The minimum atomic E-state index is 1.09. The Morgan fingerprint density at radius 1 is 0.679 bits per heavy atom. The van der Waals surface area contributed by atoms with Crippen molar-refractivity contribution in [3.8, 4) is 0 Å². The molecule has 130 valence electrons. The van der Waals surface area contributed by atoms with Crippen LogP contribution in [0.4, 0.5) is 0 Å². The molecule has 7 aromatic rings. The fraction of sp³-hybridized carbons (Fsp3) is 0.0385. The monoisotopic (exact) mass is 356 g/mol. The summed E-state index contributed by atoms with van der Waals surface area (Å²) in [6.07, 6.45) is 1.94. The maximum absolute atomic E-state index is 4.85. The molecule has 0 spiro atoms. The molecule has 0 fully saturated rings. The van der Waals surface area contributed by atoms with Crippen LogP contribution >= 0.6 is 0 Å². The highest BCUT2D eigenvalue weighted by atomic mass is 14.9. The van der Waals surface area contributed by atoms with Crippen molar-refractivity contribution < 1.29 is 0 Å². The first-order chi connectivity index (χ1) is 13.8. The van der Waals surface area contributed by atoms with Crippen LogP contribution in [-0.2, 0) is 0 Å². The normalized spacial score (nSPS) is 12.5. The average Bonchev–Trinajstić information content (AvgIpc) is 3.08. The number of fused-ring (bicyclic) bond motifs is 7. The smallest absolute Gasteiger partial charge is 0.0822 e. The second kappa shape index (κ2) is 4.79. The molecule has 0 saturated heterocycles. The van der Waals surface area contributed by atoms with E-state index in [-0.39, 0.29) is 0 Å². The summed E-state index contributed by atoms with van der Waals surface area (Å²) in [5, 5.41) is 8.89. The number of aryl methyl sites for hydroxylation is 1. The summed E-state index contributed by atoms with van der Waals surface area (Å²) >= 11 is 0. The molecule has 7 rings (SSSR count). The number of hydrogen-bond acceptors (Lipinski definition) is 1. The molecule has 0 atom stereocenters. The molecule has 2 nitrogen and oxygen atoms in total. The highest BCUT2D eigenvalue weighted by Crippen LogP contribution is 2.41. The molecule has 0 unspecified atom stereocenters. The summed E-state index contributed by atoms with van der Waals surface area (Å²) in [6, 6.07) is 26.5. The van der Waals surface area contributed by atoms with Gasteiger partial charge in [0.25, 0.3) is 0 Å². The Kier molecular flexibility index (Phi) is 2.47. The van der Waals surface area contributed by atoms with Gasteiger partial charge in [-0.25, -0.2) is 0 Å². The Balaban J connectivity index is 1.96. The molecule has 0 aliphatic carbocycles. The topological polar surface area (TPSA) is 17.3 Å². The minimum absolute atomic E-state index is 1.09. The molecule has 2 heteroatoms. The molecule has 0 amide bonds. The van der Waals surface area contributed by atoms with Gasteiger partial charge in [-0.15, -0.1) is 0 Å². The Morgan fingerprint density at radius 3 is 2.43 bits per heavy atom. The van der Waals surface area contributed by atoms with E-state index in [0.717, 1.165) is 5.52 Å². The molecule has 0 aliphatic heterocycles. The molecule has 28 heavy (non-hydrogen) atoms. The molecular weight excluding hydrogens is 340 g/mol. The first-order valence-corrected chi connectivity index (χ1v) is 9.66. The predicted octanol–water partition coefficient (Wildman–Crippen LogP) is 6.85.